The van der Waals surface area contributed by atoms with E-state index in [1.807, 2.05) is 0 Å². The van der Waals surface area contributed by atoms with Crippen LogP contribution in [-0.4, -0.2) is 54.2 Å². The molecule has 1 aliphatic carbocycles. The van der Waals surface area contributed by atoms with Crippen molar-refractivity contribution in [2.45, 2.75) is 37.6 Å². The van der Waals surface area contributed by atoms with Gasteiger partial charge in [-0.15, -0.1) is 0 Å². The fraction of sp³-hybridized carbons (Fsp3) is 0.500. The molecule has 0 aromatic heterocycles. The molecule has 1 atom stereocenters. The van der Waals surface area contributed by atoms with E-state index in [0.29, 0.717) is 24.3 Å². The molecule has 3 aliphatic rings. The van der Waals surface area contributed by atoms with Crippen molar-refractivity contribution in [1.82, 2.24) is 10.2 Å². The van der Waals surface area contributed by atoms with Crippen molar-refractivity contribution in [3.63, 3.8) is 0 Å². The summed E-state index contributed by atoms with van der Waals surface area (Å²) in [5.41, 5.74) is 0.687. The molecule has 1 N–H and O–H groups in total. The number of ether oxygens (including phenoxy) is 2. The maximum absolute atomic E-state index is 12.3. The summed E-state index contributed by atoms with van der Waals surface area (Å²) < 4.78 is 11.7. The highest BCUT2D eigenvalue weighted by atomic mass is 16.7. The van der Waals surface area contributed by atoms with E-state index in [2.05, 4.69) is 5.32 Å². The minimum absolute atomic E-state index is 0.191. The van der Waals surface area contributed by atoms with E-state index in [9.17, 15) is 14.4 Å². The van der Waals surface area contributed by atoms with Crippen LogP contribution in [0.4, 0.5) is 0 Å². The van der Waals surface area contributed by atoms with Crippen molar-refractivity contribution in [2.75, 3.05) is 19.7 Å². The first kappa shape index (κ1) is 16.2. The highest BCUT2D eigenvalue weighted by Crippen LogP contribution is 2.38. The SMILES string of the molecule is O=C(CN1C(=O)c2ccccc2C1=O)NCC1COC2(CCCC2)O1. The molecule has 1 spiro atoms. The summed E-state index contributed by atoms with van der Waals surface area (Å²) in [4.78, 5) is 37.6. The minimum Gasteiger partial charge on any atom is -0.352 e. The number of hydrogen-bond acceptors (Lipinski definition) is 5. The number of rotatable bonds is 4. The highest BCUT2D eigenvalue weighted by Gasteiger charge is 2.43. The Kier molecular flexibility index (Phi) is 4.05. The molecule has 4 rings (SSSR count). The summed E-state index contributed by atoms with van der Waals surface area (Å²) in [6, 6.07) is 6.59. The summed E-state index contributed by atoms with van der Waals surface area (Å²) in [6.07, 6.45) is 3.79. The van der Waals surface area contributed by atoms with Crippen LogP contribution in [0.15, 0.2) is 24.3 Å². The zero-order valence-corrected chi connectivity index (χ0v) is 13.8. The van der Waals surface area contributed by atoms with E-state index < -0.39 is 17.6 Å². The lowest BCUT2D eigenvalue weighted by molar-refractivity contribution is -0.161. The average Bonchev–Trinajstić information content (AvgIpc) is 3.31. The van der Waals surface area contributed by atoms with Crippen LogP contribution in [0.25, 0.3) is 0 Å². The third-order valence-corrected chi connectivity index (χ3v) is 4.99. The predicted octanol–water partition coefficient (Wildman–Crippen LogP) is 1.08. The van der Waals surface area contributed by atoms with Crippen LogP contribution in [0.3, 0.4) is 0 Å². The fourth-order valence-corrected chi connectivity index (χ4v) is 3.70. The first-order valence-electron chi connectivity index (χ1n) is 8.62. The van der Waals surface area contributed by atoms with Gasteiger partial charge < -0.3 is 14.8 Å². The number of nitrogens with one attached hydrogen (secondary N) is 1. The Bertz CT molecular complexity index is 691. The quantitative estimate of drug-likeness (QED) is 0.827. The topological polar surface area (TPSA) is 84.9 Å². The Morgan fingerprint density at radius 1 is 1.16 bits per heavy atom. The Morgan fingerprint density at radius 2 is 1.80 bits per heavy atom. The molecule has 1 saturated carbocycles. The van der Waals surface area contributed by atoms with E-state index in [-0.39, 0.29) is 18.6 Å². The number of carbonyl (C=O) groups excluding carboxylic acids is 3. The van der Waals surface area contributed by atoms with Crippen LogP contribution < -0.4 is 5.32 Å². The van der Waals surface area contributed by atoms with Gasteiger partial charge in [0.2, 0.25) is 5.91 Å². The summed E-state index contributed by atoms with van der Waals surface area (Å²) in [5.74, 6) is -1.70. The molecule has 2 aliphatic heterocycles. The van der Waals surface area contributed by atoms with Crippen molar-refractivity contribution in [3.8, 4) is 0 Å². The minimum atomic E-state index is -0.460. The molecule has 0 bridgehead atoms. The van der Waals surface area contributed by atoms with Crippen LogP contribution in [0, 0.1) is 0 Å². The Labute approximate surface area is 145 Å². The lowest BCUT2D eigenvalue weighted by Gasteiger charge is -2.22. The van der Waals surface area contributed by atoms with Crippen LogP contribution in [0.2, 0.25) is 0 Å². The molecule has 0 radical (unpaired) electrons. The van der Waals surface area contributed by atoms with Gasteiger partial charge in [0, 0.05) is 19.4 Å². The molecule has 25 heavy (non-hydrogen) atoms. The summed E-state index contributed by atoms with van der Waals surface area (Å²) in [5, 5.41) is 2.74. The third kappa shape index (κ3) is 2.94. The molecule has 2 fully saturated rings. The number of benzene rings is 1. The molecule has 1 aromatic carbocycles. The molecule has 3 amide bonds. The van der Waals surface area contributed by atoms with Crippen molar-refractivity contribution in [3.05, 3.63) is 35.4 Å². The average molecular weight is 344 g/mol. The van der Waals surface area contributed by atoms with Gasteiger partial charge in [-0.1, -0.05) is 12.1 Å². The van der Waals surface area contributed by atoms with Gasteiger partial charge in [-0.25, -0.2) is 0 Å². The normalized spacial score (nSPS) is 24.2. The smallest absolute Gasteiger partial charge is 0.262 e. The number of amides is 3. The van der Waals surface area contributed by atoms with Crippen LogP contribution in [0.5, 0.6) is 0 Å². The van der Waals surface area contributed by atoms with Gasteiger partial charge >= 0.3 is 0 Å². The van der Waals surface area contributed by atoms with E-state index in [1.165, 1.54) is 0 Å². The first-order chi connectivity index (χ1) is 12.1. The Morgan fingerprint density at radius 3 is 2.44 bits per heavy atom. The van der Waals surface area contributed by atoms with Gasteiger partial charge in [-0.2, -0.15) is 0 Å². The first-order valence-corrected chi connectivity index (χ1v) is 8.62. The second kappa shape index (κ2) is 6.24. The van der Waals surface area contributed by atoms with E-state index >= 15 is 0 Å². The molecule has 1 saturated heterocycles. The zero-order chi connectivity index (χ0) is 17.4. The fourth-order valence-electron chi connectivity index (χ4n) is 3.70. The molecule has 1 unspecified atom stereocenters. The molecule has 2 heterocycles. The van der Waals surface area contributed by atoms with Gasteiger partial charge in [0.15, 0.2) is 5.79 Å². The summed E-state index contributed by atoms with van der Waals surface area (Å²) >= 11 is 0. The highest BCUT2D eigenvalue weighted by molar-refractivity contribution is 6.22. The van der Waals surface area contributed by atoms with Gasteiger partial charge in [0.05, 0.1) is 17.7 Å². The van der Waals surface area contributed by atoms with Crippen molar-refractivity contribution in [1.29, 1.82) is 0 Å². The molecule has 7 heteroatoms. The van der Waals surface area contributed by atoms with Gasteiger partial charge in [-0.3, -0.25) is 19.3 Å². The monoisotopic (exact) mass is 344 g/mol. The number of nitrogens with zero attached hydrogens (tertiary/aromatic N) is 1. The van der Waals surface area contributed by atoms with Gasteiger partial charge in [0.1, 0.15) is 12.6 Å². The maximum Gasteiger partial charge on any atom is 0.262 e. The standard InChI is InChI=1S/C18H20N2O5/c21-15(19-9-12-11-24-18(25-12)7-3-4-8-18)10-20-16(22)13-5-1-2-6-14(13)17(20)23/h1-2,5-6,12H,3-4,7-11H2,(H,19,21). The van der Waals surface area contributed by atoms with E-state index in [4.69, 9.17) is 9.47 Å². The maximum atomic E-state index is 12.3. The predicted molar refractivity (Wildman–Crippen MR) is 86.8 cm³/mol. The van der Waals surface area contributed by atoms with Crippen molar-refractivity contribution in [2.24, 2.45) is 0 Å². The van der Waals surface area contributed by atoms with Crippen LogP contribution >= 0.6 is 0 Å². The van der Waals surface area contributed by atoms with Crippen molar-refractivity contribution >= 4 is 17.7 Å². The van der Waals surface area contributed by atoms with E-state index in [1.54, 1.807) is 24.3 Å². The van der Waals surface area contributed by atoms with Crippen LogP contribution in [0.1, 0.15) is 46.4 Å². The zero-order valence-electron chi connectivity index (χ0n) is 13.8. The summed E-state index contributed by atoms with van der Waals surface area (Å²) in [7, 11) is 0. The lowest BCUT2D eigenvalue weighted by Crippen LogP contribution is -2.43. The summed E-state index contributed by atoms with van der Waals surface area (Å²) in [6.45, 7) is 0.474. The third-order valence-electron chi connectivity index (χ3n) is 4.99. The molecular weight excluding hydrogens is 324 g/mol. The Balaban J connectivity index is 1.30. The molecule has 132 valence electrons. The van der Waals surface area contributed by atoms with Gasteiger partial charge in [0.25, 0.3) is 11.8 Å². The number of carbonyl (C=O) groups is 3. The molecule has 1 aromatic rings. The lowest BCUT2D eigenvalue weighted by atomic mass is 10.1. The van der Waals surface area contributed by atoms with Crippen molar-refractivity contribution < 1.29 is 23.9 Å². The number of fused-ring (bicyclic) bond motifs is 1. The van der Waals surface area contributed by atoms with E-state index in [0.717, 1.165) is 30.6 Å². The molecular formula is C18H20N2O5. The second-order valence-electron chi connectivity index (χ2n) is 6.71. The second-order valence-corrected chi connectivity index (χ2v) is 6.71. The largest absolute Gasteiger partial charge is 0.352 e. The number of imide groups is 1. The van der Waals surface area contributed by atoms with Gasteiger partial charge in [-0.05, 0) is 25.0 Å². The van der Waals surface area contributed by atoms with Crippen LogP contribution in [-0.2, 0) is 14.3 Å². The number of hydrogen-bond donors (Lipinski definition) is 1. The Hall–Kier alpha value is -2.25. The molecule has 7 nitrogen and oxygen atoms in total.